The van der Waals surface area contributed by atoms with Crippen LogP contribution in [0, 0.1) is 0 Å². The third-order valence-electron chi connectivity index (χ3n) is 1.00. The van der Waals surface area contributed by atoms with Crippen molar-refractivity contribution in [3.63, 3.8) is 0 Å². The predicted octanol–water partition coefficient (Wildman–Crippen LogP) is 1.99. The fourth-order valence-electron chi connectivity index (χ4n) is 0.500. The van der Waals surface area contributed by atoms with Crippen LogP contribution in [0.4, 0.5) is 0 Å². The molecule has 1 N–H and O–H groups in total. The molecule has 0 saturated heterocycles. The van der Waals surface area contributed by atoms with E-state index in [0.717, 1.165) is 19.4 Å². The van der Waals surface area contributed by atoms with Gasteiger partial charge < -0.3 is 9.84 Å². The number of hydrogen-bond donors (Lipinski definition) is 1. The number of hydrogen-bond acceptors (Lipinski definition) is 2. The molecule has 0 rings (SSSR count). The second kappa shape index (κ2) is 12.3. The summed E-state index contributed by atoms with van der Waals surface area (Å²) in [5, 5.41) is 8.73. The third kappa shape index (κ3) is 17.7. The Hall–Kier alpha value is -0.340. The van der Waals surface area contributed by atoms with Gasteiger partial charge in [0.25, 0.3) is 0 Å². The third-order valence-corrected chi connectivity index (χ3v) is 1.00. The first-order chi connectivity index (χ1) is 5.27. The molecule has 0 heterocycles. The molecule has 0 aliphatic heterocycles. The molecule has 0 aromatic heterocycles. The molecule has 0 amide bonds. The molecule has 0 aromatic rings. The molecule has 2 heteroatoms. The lowest BCUT2D eigenvalue weighted by molar-refractivity contribution is 0.0450. The largest absolute Gasteiger partial charge is 0.391 e. The zero-order valence-electron chi connectivity index (χ0n) is 7.68. The Morgan fingerprint density at radius 2 is 2.00 bits per heavy atom. The highest BCUT2D eigenvalue weighted by Gasteiger charge is 1.92. The monoisotopic (exact) mass is 160 g/mol. The summed E-state index contributed by atoms with van der Waals surface area (Å²) in [4.78, 5) is 0. The minimum atomic E-state index is -0.318. The molecular formula is C9H20O2. The number of aliphatic hydroxyl groups excluding tert-OH is 1. The average molecular weight is 160 g/mol. The van der Waals surface area contributed by atoms with E-state index < -0.39 is 0 Å². The van der Waals surface area contributed by atoms with Crippen LogP contribution in [0.15, 0.2) is 13.2 Å². The standard InChI is InChI=1S/C7H16O2.C2H4/c1-3-4-5-9-6-7(2)8;1-2/h7-8H,3-6H2,1-2H3;1-2H2. The Morgan fingerprint density at radius 3 is 2.36 bits per heavy atom. The minimum Gasteiger partial charge on any atom is -0.391 e. The van der Waals surface area contributed by atoms with Crippen molar-refractivity contribution in [2.24, 2.45) is 0 Å². The van der Waals surface area contributed by atoms with E-state index >= 15 is 0 Å². The van der Waals surface area contributed by atoms with Crippen LogP contribution < -0.4 is 0 Å². The zero-order valence-corrected chi connectivity index (χ0v) is 7.68. The van der Waals surface area contributed by atoms with E-state index in [1.54, 1.807) is 6.92 Å². The first-order valence-corrected chi connectivity index (χ1v) is 4.03. The van der Waals surface area contributed by atoms with Gasteiger partial charge in [0.15, 0.2) is 0 Å². The van der Waals surface area contributed by atoms with Crippen molar-refractivity contribution < 1.29 is 9.84 Å². The van der Waals surface area contributed by atoms with Crippen LogP contribution >= 0.6 is 0 Å². The zero-order chi connectivity index (χ0) is 9.11. The van der Waals surface area contributed by atoms with Gasteiger partial charge in [0.2, 0.25) is 0 Å². The molecule has 0 bridgehead atoms. The van der Waals surface area contributed by atoms with Gasteiger partial charge in [-0.15, -0.1) is 13.2 Å². The number of unbranched alkanes of at least 4 members (excludes halogenated alkanes) is 1. The molecule has 0 fully saturated rings. The van der Waals surface area contributed by atoms with Gasteiger partial charge in [0, 0.05) is 6.61 Å². The van der Waals surface area contributed by atoms with E-state index in [-0.39, 0.29) is 6.10 Å². The molecule has 1 atom stereocenters. The summed E-state index contributed by atoms with van der Waals surface area (Å²) < 4.78 is 5.09. The number of rotatable bonds is 5. The van der Waals surface area contributed by atoms with Crippen LogP contribution in [0.5, 0.6) is 0 Å². The summed E-state index contributed by atoms with van der Waals surface area (Å²) in [6, 6.07) is 0. The highest BCUT2D eigenvalue weighted by molar-refractivity contribution is 4.40. The fraction of sp³-hybridized carbons (Fsp3) is 0.778. The van der Waals surface area contributed by atoms with Gasteiger partial charge >= 0.3 is 0 Å². The topological polar surface area (TPSA) is 29.5 Å². The van der Waals surface area contributed by atoms with Crippen LogP contribution in [0.1, 0.15) is 26.7 Å². The SMILES string of the molecule is C=C.CCCCOCC(C)O. The Morgan fingerprint density at radius 1 is 1.45 bits per heavy atom. The van der Waals surface area contributed by atoms with E-state index in [1.807, 2.05) is 0 Å². The highest BCUT2D eigenvalue weighted by atomic mass is 16.5. The maximum absolute atomic E-state index is 8.73. The lowest BCUT2D eigenvalue weighted by Crippen LogP contribution is -2.10. The Balaban J connectivity index is 0. The van der Waals surface area contributed by atoms with Crippen molar-refractivity contribution in [2.45, 2.75) is 32.8 Å². The van der Waals surface area contributed by atoms with Crippen molar-refractivity contribution in [1.29, 1.82) is 0 Å². The molecule has 0 saturated carbocycles. The Bertz CT molecular complexity index is 62.6. The fourth-order valence-corrected chi connectivity index (χ4v) is 0.500. The van der Waals surface area contributed by atoms with Gasteiger partial charge in [0.05, 0.1) is 12.7 Å². The second-order valence-electron chi connectivity index (χ2n) is 2.28. The van der Waals surface area contributed by atoms with Crippen molar-refractivity contribution in [3.8, 4) is 0 Å². The summed E-state index contributed by atoms with van der Waals surface area (Å²) >= 11 is 0. The molecule has 0 aliphatic carbocycles. The summed E-state index contributed by atoms with van der Waals surface area (Å²) in [7, 11) is 0. The van der Waals surface area contributed by atoms with Crippen LogP contribution in [0.25, 0.3) is 0 Å². The summed E-state index contributed by atoms with van der Waals surface area (Å²) in [5.74, 6) is 0. The number of aliphatic hydroxyl groups is 1. The van der Waals surface area contributed by atoms with Crippen molar-refractivity contribution >= 4 is 0 Å². The smallest absolute Gasteiger partial charge is 0.0745 e. The summed E-state index contributed by atoms with van der Waals surface area (Å²) in [5.41, 5.74) is 0. The molecule has 11 heavy (non-hydrogen) atoms. The van der Waals surface area contributed by atoms with Crippen molar-refractivity contribution in [1.82, 2.24) is 0 Å². The lowest BCUT2D eigenvalue weighted by atomic mass is 10.4. The van der Waals surface area contributed by atoms with E-state index in [9.17, 15) is 0 Å². The van der Waals surface area contributed by atoms with Gasteiger partial charge in [-0.3, -0.25) is 0 Å². The highest BCUT2D eigenvalue weighted by Crippen LogP contribution is 1.89. The molecule has 0 spiro atoms. The average Bonchev–Trinajstić information content (AvgIpc) is 2.02. The minimum absolute atomic E-state index is 0.318. The van der Waals surface area contributed by atoms with E-state index in [4.69, 9.17) is 9.84 Å². The second-order valence-corrected chi connectivity index (χ2v) is 2.28. The van der Waals surface area contributed by atoms with Gasteiger partial charge in [-0.2, -0.15) is 0 Å². The Kier molecular flexibility index (Phi) is 14.9. The van der Waals surface area contributed by atoms with Gasteiger partial charge in [-0.1, -0.05) is 13.3 Å². The molecule has 0 aliphatic rings. The predicted molar refractivity (Wildman–Crippen MR) is 48.7 cm³/mol. The van der Waals surface area contributed by atoms with Gasteiger partial charge in [-0.05, 0) is 13.3 Å². The van der Waals surface area contributed by atoms with Crippen LogP contribution in [-0.2, 0) is 4.74 Å². The maximum atomic E-state index is 8.73. The van der Waals surface area contributed by atoms with E-state index in [0.29, 0.717) is 6.61 Å². The maximum Gasteiger partial charge on any atom is 0.0745 e. The Labute approximate surface area is 69.9 Å². The molecule has 1 unspecified atom stereocenters. The van der Waals surface area contributed by atoms with Crippen LogP contribution in [0.2, 0.25) is 0 Å². The first-order valence-electron chi connectivity index (χ1n) is 4.03. The van der Waals surface area contributed by atoms with E-state index in [1.165, 1.54) is 0 Å². The molecule has 2 nitrogen and oxygen atoms in total. The quantitative estimate of drug-likeness (QED) is 0.492. The molecule has 0 radical (unpaired) electrons. The lowest BCUT2D eigenvalue weighted by Gasteiger charge is -2.03. The number of ether oxygens (including phenoxy) is 1. The van der Waals surface area contributed by atoms with Crippen molar-refractivity contribution in [3.05, 3.63) is 13.2 Å². The van der Waals surface area contributed by atoms with Crippen molar-refractivity contribution in [2.75, 3.05) is 13.2 Å². The van der Waals surface area contributed by atoms with Crippen LogP contribution in [-0.4, -0.2) is 24.4 Å². The normalized spacial score (nSPS) is 11.5. The molecular weight excluding hydrogens is 140 g/mol. The van der Waals surface area contributed by atoms with E-state index in [2.05, 4.69) is 20.1 Å². The van der Waals surface area contributed by atoms with Gasteiger partial charge in [-0.25, -0.2) is 0 Å². The summed E-state index contributed by atoms with van der Waals surface area (Å²) in [6.45, 7) is 11.1. The first kappa shape index (κ1) is 13.3. The summed E-state index contributed by atoms with van der Waals surface area (Å²) in [6.07, 6.45) is 1.92. The van der Waals surface area contributed by atoms with Crippen LogP contribution in [0.3, 0.4) is 0 Å². The molecule has 0 aromatic carbocycles. The van der Waals surface area contributed by atoms with Gasteiger partial charge in [0.1, 0.15) is 0 Å². The molecule has 68 valence electrons.